The van der Waals surface area contributed by atoms with Crippen molar-refractivity contribution in [2.75, 3.05) is 26.2 Å². The van der Waals surface area contributed by atoms with Crippen molar-refractivity contribution in [3.05, 3.63) is 0 Å². The van der Waals surface area contributed by atoms with E-state index in [0.29, 0.717) is 6.54 Å². The molecule has 98 valence electrons. The third-order valence-electron chi connectivity index (χ3n) is 3.19. The molecule has 0 spiro atoms. The van der Waals surface area contributed by atoms with E-state index in [1.165, 1.54) is 0 Å². The summed E-state index contributed by atoms with van der Waals surface area (Å²) < 4.78 is 0. The second-order valence-corrected chi connectivity index (χ2v) is 4.53. The van der Waals surface area contributed by atoms with Gasteiger partial charge in [-0.1, -0.05) is 19.0 Å². The summed E-state index contributed by atoms with van der Waals surface area (Å²) in [7, 11) is 0. The van der Waals surface area contributed by atoms with Crippen molar-refractivity contribution in [2.45, 2.75) is 33.1 Å². The minimum atomic E-state index is 0.0890. The number of nitrogens with one attached hydrogen (secondary N) is 1. The lowest BCUT2D eigenvalue weighted by atomic mass is 9.93. The molecule has 5 nitrogen and oxygen atoms in total. The maximum Gasteiger partial charge on any atom is 0.234 e. The fourth-order valence-corrected chi connectivity index (χ4v) is 2.15. The predicted octanol–water partition coefficient (Wildman–Crippen LogP) is 1.07. The molecule has 1 rings (SSSR count). The van der Waals surface area contributed by atoms with Gasteiger partial charge in [0.25, 0.3) is 0 Å². The van der Waals surface area contributed by atoms with Gasteiger partial charge < -0.3 is 10.5 Å². The molecule has 17 heavy (non-hydrogen) atoms. The number of rotatable bonds is 5. The summed E-state index contributed by atoms with van der Waals surface area (Å²) in [5.74, 6) is 0.374. The van der Waals surface area contributed by atoms with E-state index in [4.69, 9.17) is 5.21 Å². The molecule has 1 saturated heterocycles. The van der Waals surface area contributed by atoms with Crippen LogP contribution in [0.2, 0.25) is 0 Å². The molecule has 1 heterocycles. The zero-order valence-corrected chi connectivity index (χ0v) is 10.8. The molecule has 0 aromatic heterocycles. The fraction of sp³-hybridized carbons (Fsp3) is 0.833. The molecule has 1 atom stereocenters. The third-order valence-corrected chi connectivity index (χ3v) is 3.19. The molecule has 1 aliphatic rings. The zero-order chi connectivity index (χ0) is 12.7. The van der Waals surface area contributed by atoms with Crippen molar-refractivity contribution in [1.82, 2.24) is 10.2 Å². The lowest BCUT2D eigenvalue weighted by molar-refractivity contribution is -0.122. The number of carbonyl (C=O) groups excluding carboxylic acids is 1. The van der Waals surface area contributed by atoms with Crippen molar-refractivity contribution in [3.8, 4) is 0 Å². The molecular weight excluding hydrogens is 218 g/mol. The molecule has 0 aromatic carbocycles. The van der Waals surface area contributed by atoms with Crippen LogP contribution in [0.3, 0.4) is 0 Å². The van der Waals surface area contributed by atoms with Crippen LogP contribution in [0.15, 0.2) is 5.16 Å². The van der Waals surface area contributed by atoms with E-state index in [2.05, 4.69) is 22.3 Å². The first-order chi connectivity index (χ1) is 8.21. The molecule has 0 aliphatic carbocycles. The van der Waals surface area contributed by atoms with Gasteiger partial charge in [-0.05, 0) is 12.8 Å². The molecule has 1 unspecified atom stereocenters. The Morgan fingerprint density at radius 3 is 2.94 bits per heavy atom. The number of likely N-dealkylation sites (tertiary alicyclic amines) is 1. The van der Waals surface area contributed by atoms with Crippen LogP contribution in [0.25, 0.3) is 0 Å². The summed E-state index contributed by atoms with van der Waals surface area (Å²) in [6.07, 6.45) is 2.67. The molecular formula is C12H23N3O2. The van der Waals surface area contributed by atoms with Crippen LogP contribution in [0.4, 0.5) is 0 Å². The Hall–Kier alpha value is -1.10. The Bertz CT molecular complexity index is 279. The SMILES string of the molecule is CCCNC(=O)CN1CCC(=NO)C(CC)C1. The predicted molar refractivity (Wildman–Crippen MR) is 67.4 cm³/mol. The van der Waals surface area contributed by atoms with E-state index in [9.17, 15) is 4.79 Å². The summed E-state index contributed by atoms with van der Waals surface area (Å²) >= 11 is 0. The Morgan fingerprint density at radius 2 is 2.35 bits per heavy atom. The van der Waals surface area contributed by atoms with Crippen molar-refractivity contribution >= 4 is 11.6 Å². The normalized spacial score (nSPS) is 23.9. The monoisotopic (exact) mass is 241 g/mol. The van der Waals surface area contributed by atoms with E-state index in [1.807, 2.05) is 6.92 Å². The number of amides is 1. The average Bonchev–Trinajstić information content (AvgIpc) is 2.36. The smallest absolute Gasteiger partial charge is 0.234 e. The number of carbonyl (C=O) groups is 1. The van der Waals surface area contributed by atoms with Crippen LogP contribution in [0.5, 0.6) is 0 Å². The topological polar surface area (TPSA) is 64.9 Å². The first-order valence-electron chi connectivity index (χ1n) is 6.41. The van der Waals surface area contributed by atoms with Gasteiger partial charge in [-0.15, -0.1) is 0 Å². The molecule has 1 fully saturated rings. The van der Waals surface area contributed by atoms with E-state index in [1.54, 1.807) is 0 Å². The standard InChI is InChI=1S/C12H23N3O2/c1-3-6-13-12(16)9-15-7-5-11(14-17)10(4-2)8-15/h10,17H,3-9H2,1-2H3,(H,13,16). The van der Waals surface area contributed by atoms with E-state index < -0.39 is 0 Å². The van der Waals surface area contributed by atoms with Gasteiger partial charge >= 0.3 is 0 Å². The molecule has 0 aromatic rings. The van der Waals surface area contributed by atoms with Gasteiger partial charge in [0.2, 0.25) is 5.91 Å². The lowest BCUT2D eigenvalue weighted by Crippen LogP contribution is -2.45. The molecule has 2 N–H and O–H groups in total. The highest BCUT2D eigenvalue weighted by Crippen LogP contribution is 2.16. The average molecular weight is 241 g/mol. The fourth-order valence-electron chi connectivity index (χ4n) is 2.15. The van der Waals surface area contributed by atoms with Gasteiger partial charge in [-0.25, -0.2) is 0 Å². The highest BCUT2D eigenvalue weighted by Gasteiger charge is 2.25. The number of hydrogen-bond donors (Lipinski definition) is 2. The Kier molecular flexibility index (Phi) is 5.97. The molecule has 0 radical (unpaired) electrons. The summed E-state index contributed by atoms with van der Waals surface area (Å²) in [4.78, 5) is 13.7. The molecule has 1 amide bonds. The van der Waals surface area contributed by atoms with Crippen molar-refractivity contribution in [2.24, 2.45) is 11.1 Å². The second kappa shape index (κ2) is 7.27. The zero-order valence-electron chi connectivity index (χ0n) is 10.8. The van der Waals surface area contributed by atoms with Gasteiger partial charge in [-0.2, -0.15) is 0 Å². The summed E-state index contributed by atoms with van der Waals surface area (Å²) in [5.41, 5.74) is 0.873. The minimum Gasteiger partial charge on any atom is -0.411 e. The Labute approximate surface area is 103 Å². The van der Waals surface area contributed by atoms with Crippen LogP contribution in [-0.4, -0.2) is 47.9 Å². The largest absolute Gasteiger partial charge is 0.411 e. The number of nitrogens with zero attached hydrogens (tertiary/aromatic N) is 2. The van der Waals surface area contributed by atoms with Crippen LogP contribution in [0, 0.1) is 5.92 Å². The third kappa shape index (κ3) is 4.34. The second-order valence-electron chi connectivity index (χ2n) is 4.53. The Morgan fingerprint density at radius 1 is 1.59 bits per heavy atom. The first kappa shape index (κ1) is 14.0. The van der Waals surface area contributed by atoms with E-state index >= 15 is 0 Å². The summed E-state index contributed by atoms with van der Waals surface area (Å²) in [5, 5.41) is 15.1. The maximum atomic E-state index is 11.6. The minimum absolute atomic E-state index is 0.0890. The number of hydrogen-bond acceptors (Lipinski definition) is 4. The maximum absolute atomic E-state index is 11.6. The lowest BCUT2D eigenvalue weighted by Gasteiger charge is -2.32. The van der Waals surface area contributed by atoms with Gasteiger partial charge in [-0.3, -0.25) is 9.69 Å². The van der Waals surface area contributed by atoms with Crippen LogP contribution < -0.4 is 5.32 Å². The first-order valence-corrected chi connectivity index (χ1v) is 6.41. The van der Waals surface area contributed by atoms with Crippen LogP contribution >= 0.6 is 0 Å². The number of oxime groups is 1. The highest BCUT2D eigenvalue weighted by molar-refractivity contribution is 5.87. The van der Waals surface area contributed by atoms with E-state index in [0.717, 1.165) is 44.6 Å². The highest BCUT2D eigenvalue weighted by atomic mass is 16.4. The van der Waals surface area contributed by atoms with E-state index in [-0.39, 0.29) is 11.8 Å². The summed E-state index contributed by atoms with van der Waals surface area (Å²) in [6.45, 7) is 6.93. The van der Waals surface area contributed by atoms with Gasteiger partial charge in [0.15, 0.2) is 0 Å². The van der Waals surface area contributed by atoms with Crippen molar-refractivity contribution < 1.29 is 10.0 Å². The number of piperidine rings is 1. The van der Waals surface area contributed by atoms with Gasteiger partial charge in [0.1, 0.15) is 0 Å². The van der Waals surface area contributed by atoms with Crippen molar-refractivity contribution in [3.63, 3.8) is 0 Å². The molecule has 1 aliphatic heterocycles. The Balaban J connectivity index is 2.39. The van der Waals surface area contributed by atoms with Crippen LogP contribution in [0.1, 0.15) is 33.1 Å². The molecule has 0 bridgehead atoms. The van der Waals surface area contributed by atoms with Gasteiger partial charge in [0.05, 0.1) is 12.3 Å². The van der Waals surface area contributed by atoms with Gasteiger partial charge in [0, 0.05) is 32.0 Å². The van der Waals surface area contributed by atoms with Crippen molar-refractivity contribution in [1.29, 1.82) is 0 Å². The molecule has 5 heteroatoms. The van der Waals surface area contributed by atoms with Crippen LogP contribution in [-0.2, 0) is 4.79 Å². The molecule has 0 saturated carbocycles. The summed E-state index contributed by atoms with van der Waals surface area (Å²) in [6, 6.07) is 0. The quantitative estimate of drug-likeness (QED) is 0.559.